The first-order chi connectivity index (χ1) is 25.8. The first-order valence-corrected chi connectivity index (χ1v) is 18.1. The minimum atomic E-state index is 1.02. The molecule has 0 spiro atoms. The largest absolute Gasteiger partial charge is 0.310 e. The second kappa shape index (κ2) is 12.6. The summed E-state index contributed by atoms with van der Waals surface area (Å²) >= 11 is 0. The van der Waals surface area contributed by atoms with Crippen molar-refractivity contribution in [3.63, 3.8) is 0 Å². The van der Waals surface area contributed by atoms with Crippen molar-refractivity contribution in [1.29, 1.82) is 0 Å². The number of aryl methyl sites for hydroxylation is 1. The van der Waals surface area contributed by atoms with Crippen LogP contribution in [-0.4, -0.2) is 4.57 Å². The fraction of sp³-hybridized carbons (Fsp3) is 0.0400. The lowest BCUT2D eigenvalue weighted by Crippen LogP contribution is -2.10. The number of benzene rings is 8. The third-order valence-electron chi connectivity index (χ3n) is 10.7. The summed E-state index contributed by atoms with van der Waals surface area (Å²) in [4.78, 5) is 2.37. The van der Waals surface area contributed by atoms with Crippen LogP contribution in [0.15, 0.2) is 188 Å². The van der Waals surface area contributed by atoms with Crippen molar-refractivity contribution in [3.8, 4) is 16.8 Å². The molecule has 0 unspecified atom stereocenters. The quantitative estimate of drug-likeness (QED) is 0.172. The summed E-state index contributed by atoms with van der Waals surface area (Å²) in [5.41, 5.74) is 14.9. The molecule has 52 heavy (non-hydrogen) atoms. The zero-order valence-electron chi connectivity index (χ0n) is 28.8. The molecule has 0 amide bonds. The maximum Gasteiger partial charge on any atom is 0.0561 e. The minimum absolute atomic E-state index is 1.02. The molecule has 0 bridgehead atoms. The molecule has 1 aliphatic rings. The SMILES string of the molecule is C1=C(c2ccc(N(c3ccccc3)c3ccc4c5ccccc5n(-c5ccccc5)c4c3)cc2)CCc2cc(-c3ccc4ccccc4c3)ccc21. The van der Waals surface area contributed by atoms with Gasteiger partial charge >= 0.3 is 0 Å². The van der Waals surface area contributed by atoms with E-state index >= 15 is 0 Å². The van der Waals surface area contributed by atoms with Crippen molar-refractivity contribution < 1.29 is 0 Å². The van der Waals surface area contributed by atoms with Crippen LogP contribution in [0.1, 0.15) is 23.1 Å². The summed E-state index contributed by atoms with van der Waals surface area (Å²) in [7, 11) is 0. The Morgan fingerprint density at radius 2 is 1.04 bits per heavy atom. The molecule has 0 saturated heterocycles. The van der Waals surface area contributed by atoms with Crippen LogP contribution in [0.5, 0.6) is 0 Å². The van der Waals surface area contributed by atoms with E-state index in [1.807, 2.05) is 0 Å². The van der Waals surface area contributed by atoms with Gasteiger partial charge in [0.25, 0.3) is 0 Å². The van der Waals surface area contributed by atoms with E-state index in [2.05, 4.69) is 204 Å². The van der Waals surface area contributed by atoms with Crippen LogP contribution >= 0.6 is 0 Å². The van der Waals surface area contributed by atoms with Crippen molar-refractivity contribution >= 4 is 61.3 Å². The number of anilines is 3. The average molecular weight is 665 g/mol. The number of hydrogen-bond acceptors (Lipinski definition) is 1. The molecule has 1 aliphatic carbocycles. The third kappa shape index (κ3) is 5.28. The molecule has 8 aromatic carbocycles. The zero-order chi connectivity index (χ0) is 34.4. The topological polar surface area (TPSA) is 8.17 Å². The smallest absolute Gasteiger partial charge is 0.0561 e. The molecule has 1 heterocycles. The zero-order valence-corrected chi connectivity index (χ0v) is 28.8. The highest BCUT2D eigenvalue weighted by molar-refractivity contribution is 6.10. The van der Waals surface area contributed by atoms with E-state index in [0.29, 0.717) is 0 Å². The fourth-order valence-corrected chi connectivity index (χ4v) is 8.07. The van der Waals surface area contributed by atoms with Crippen molar-refractivity contribution in [2.45, 2.75) is 12.8 Å². The highest BCUT2D eigenvalue weighted by Crippen LogP contribution is 2.41. The number of nitrogens with zero attached hydrogens (tertiary/aromatic N) is 2. The molecule has 10 rings (SSSR count). The van der Waals surface area contributed by atoms with Gasteiger partial charge in [-0.05, 0) is 118 Å². The van der Waals surface area contributed by atoms with Gasteiger partial charge in [-0.3, -0.25) is 0 Å². The van der Waals surface area contributed by atoms with Gasteiger partial charge in [0.1, 0.15) is 0 Å². The average Bonchev–Trinajstić information content (AvgIpc) is 3.55. The number of hydrogen-bond donors (Lipinski definition) is 0. The molecule has 0 radical (unpaired) electrons. The Balaban J connectivity index is 1.01. The lowest BCUT2D eigenvalue weighted by atomic mass is 9.87. The van der Waals surface area contributed by atoms with Gasteiger partial charge in [0.2, 0.25) is 0 Å². The molecular formula is C50H36N2. The van der Waals surface area contributed by atoms with Gasteiger partial charge in [-0.1, -0.05) is 133 Å². The second-order valence-electron chi connectivity index (χ2n) is 13.8. The van der Waals surface area contributed by atoms with Crippen molar-refractivity contribution in [3.05, 3.63) is 205 Å². The Labute approximate surface area is 304 Å². The number of rotatable bonds is 6. The van der Waals surface area contributed by atoms with Crippen molar-refractivity contribution in [2.24, 2.45) is 0 Å². The molecular weight excluding hydrogens is 629 g/mol. The Hall–Kier alpha value is -6.64. The highest BCUT2D eigenvalue weighted by Gasteiger charge is 2.18. The van der Waals surface area contributed by atoms with E-state index in [-0.39, 0.29) is 0 Å². The number of para-hydroxylation sites is 3. The number of aromatic nitrogens is 1. The summed E-state index contributed by atoms with van der Waals surface area (Å²) in [6.45, 7) is 0. The Kier molecular flexibility index (Phi) is 7.32. The molecule has 0 N–H and O–H groups in total. The summed E-state index contributed by atoms with van der Waals surface area (Å²) in [5.74, 6) is 0. The van der Waals surface area contributed by atoms with E-state index in [1.54, 1.807) is 0 Å². The first-order valence-electron chi connectivity index (χ1n) is 18.1. The second-order valence-corrected chi connectivity index (χ2v) is 13.8. The Morgan fingerprint density at radius 3 is 1.88 bits per heavy atom. The van der Waals surface area contributed by atoms with Gasteiger partial charge in [-0.15, -0.1) is 0 Å². The van der Waals surface area contributed by atoms with Crippen LogP contribution in [0, 0.1) is 0 Å². The van der Waals surface area contributed by atoms with E-state index < -0.39 is 0 Å². The number of allylic oxidation sites excluding steroid dienone is 1. The van der Waals surface area contributed by atoms with E-state index in [0.717, 1.165) is 35.6 Å². The van der Waals surface area contributed by atoms with Crippen LogP contribution in [0.4, 0.5) is 17.1 Å². The van der Waals surface area contributed by atoms with E-state index in [1.165, 1.54) is 66.0 Å². The maximum absolute atomic E-state index is 2.39. The van der Waals surface area contributed by atoms with Crippen LogP contribution in [0.3, 0.4) is 0 Å². The Morgan fingerprint density at radius 1 is 0.404 bits per heavy atom. The monoisotopic (exact) mass is 664 g/mol. The molecule has 246 valence electrons. The lowest BCUT2D eigenvalue weighted by Gasteiger charge is -2.26. The standard InChI is InChI=1S/C50H36N2/c1-3-13-43(14-4-1)51(46-29-30-48-47-17-9-10-18-49(47)52(50(48)34-46)44-15-5-2-6-16-44)45-27-25-36(26-28-45)38-21-22-41-33-42(24-23-40(41)32-38)39-20-19-35-11-7-8-12-37(35)31-39/h1-20,23-34H,21-22H2. The lowest BCUT2D eigenvalue weighted by molar-refractivity contribution is 1.00. The normalized spacial score (nSPS) is 12.6. The molecule has 0 fully saturated rings. The molecule has 0 atom stereocenters. The van der Waals surface area contributed by atoms with Gasteiger partial charge in [-0.2, -0.15) is 0 Å². The van der Waals surface area contributed by atoms with Gasteiger partial charge in [0.15, 0.2) is 0 Å². The Bertz CT molecular complexity index is 2770. The first kappa shape index (κ1) is 30.2. The van der Waals surface area contributed by atoms with Crippen LogP contribution < -0.4 is 4.90 Å². The molecule has 0 saturated carbocycles. The predicted octanol–water partition coefficient (Wildman–Crippen LogP) is 13.6. The van der Waals surface area contributed by atoms with E-state index in [4.69, 9.17) is 0 Å². The van der Waals surface area contributed by atoms with Gasteiger partial charge < -0.3 is 9.47 Å². The molecule has 1 aromatic heterocycles. The fourth-order valence-electron chi connectivity index (χ4n) is 8.07. The summed E-state index contributed by atoms with van der Waals surface area (Å²) in [5, 5.41) is 5.07. The molecule has 0 aliphatic heterocycles. The summed E-state index contributed by atoms with van der Waals surface area (Å²) in [6, 6.07) is 68.5. The number of fused-ring (bicyclic) bond motifs is 5. The maximum atomic E-state index is 2.39. The highest BCUT2D eigenvalue weighted by atomic mass is 15.1. The molecule has 9 aromatic rings. The van der Waals surface area contributed by atoms with Crippen molar-refractivity contribution in [2.75, 3.05) is 4.90 Å². The molecule has 2 nitrogen and oxygen atoms in total. The van der Waals surface area contributed by atoms with Gasteiger partial charge in [-0.25, -0.2) is 0 Å². The minimum Gasteiger partial charge on any atom is -0.310 e. The molecule has 2 heteroatoms. The van der Waals surface area contributed by atoms with E-state index in [9.17, 15) is 0 Å². The van der Waals surface area contributed by atoms with Gasteiger partial charge in [0.05, 0.1) is 11.0 Å². The third-order valence-corrected chi connectivity index (χ3v) is 10.7. The van der Waals surface area contributed by atoms with Crippen LogP contribution in [0.2, 0.25) is 0 Å². The van der Waals surface area contributed by atoms with Gasteiger partial charge in [0, 0.05) is 33.5 Å². The summed E-state index contributed by atoms with van der Waals surface area (Å²) in [6.07, 6.45) is 4.45. The van der Waals surface area contributed by atoms with Crippen LogP contribution in [0.25, 0.3) is 61.0 Å². The predicted molar refractivity (Wildman–Crippen MR) is 221 cm³/mol. The summed E-state index contributed by atoms with van der Waals surface area (Å²) < 4.78 is 2.39. The van der Waals surface area contributed by atoms with Crippen molar-refractivity contribution in [1.82, 2.24) is 4.57 Å². The van der Waals surface area contributed by atoms with Crippen LogP contribution in [-0.2, 0) is 6.42 Å².